The van der Waals surface area contributed by atoms with Crippen molar-refractivity contribution in [3.8, 4) is 0 Å². The average Bonchev–Trinajstić information content (AvgIpc) is 3.34. The Bertz CT molecular complexity index is 1400. The molecule has 3 N–H and O–H groups in total. The second-order valence-electron chi connectivity index (χ2n) is 19.1. The van der Waals surface area contributed by atoms with Crippen molar-refractivity contribution < 1.29 is 24.5 Å². The third-order valence-electron chi connectivity index (χ3n) is 12.5. The highest BCUT2D eigenvalue weighted by molar-refractivity contribution is 5.77. The first-order chi connectivity index (χ1) is 34.0. The molecule has 0 radical (unpaired) electrons. The summed E-state index contributed by atoms with van der Waals surface area (Å²) in [5, 5.41) is 23.9. The topological polar surface area (TPSA) is 95.9 Å². The number of aliphatic hydroxyl groups excluding tert-OH is 2. The first-order valence-electron chi connectivity index (χ1n) is 28.7. The molecule has 69 heavy (non-hydrogen) atoms. The molecular formula is C63H107NO5. The molecular weight excluding hydrogens is 851 g/mol. The van der Waals surface area contributed by atoms with Gasteiger partial charge in [-0.2, -0.15) is 0 Å². The van der Waals surface area contributed by atoms with Gasteiger partial charge >= 0.3 is 5.97 Å². The van der Waals surface area contributed by atoms with E-state index in [9.17, 15) is 19.8 Å². The lowest BCUT2D eigenvalue weighted by Crippen LogP contribution is -2.46. The van der Waals surface area contributed by atoms with E-state index in [-0.39, 0.29) is 24.9 Å². The van der Waals surface area contributed by atoms with Gasteiger partial charge in [0.25, 0.3) is 0 Å². The molecule has 0 bridgehead atoms. The number of unbranched alkanes of at least 4 members (excludes halogenated alkanes) is 25. The van der Waals surface area contributed by atoms with Gasteiger partial charge in [-0.05, 0) is 83.5 Å². The van der Waals surface area contributed by atoms with E-state index >= 15 is 0 Å². The normalized spacial score (nSPS) is 14.0. The number of nitrogens with one attached hydrogen (secondary N) is 1. The molecule has 0 aliphatic rings. The third-order valence-corrected chi connectivity index (χ3v) is 12.5. The third kappa shape index (κ3) is 50.7. The quantitative estimate of drug-likeness (QED) is 0.0244. The summed E-state index contributed by atoms with van der Waals surface area (Å²) in [5.74, 6) is -0.551. The fourth-order valence-electron chi connectivity index (χ4n) is 8.17. The maximum Gasteiger partial charge on any atom is 0.306 e. The molecule has 0 aliphatic heterocycles. The van der Waals surface area contributed by atoms with Gasteiger partial charge in [-0.3, -0.25) is 9.59 Å². The highest BCUT2D eigenvalue weighted by Crippen LogP contribution is 2.18. The molecule has 0 spiro atoms. The molecule has 0 aliphatic carbocycles. The van der Waals surface area contributed by atoms with E-state index in [2.05, 4.69) is 80.8 Å². The fraction of sp³-hybridized carbons (Fsp3) is 0.683. The minimum atomic E-state index is -0.810. The van der Waals surface area contributed by atoms with Crippen molar-refractivity contribution in [2.24, 2.45) is 0 Å². The lowest BCUT2D eigenvalue weighted by Gasteiger charge is -2.24. The standard InChI is InChI=1S/C63H107NO5/c1-4-7-10-13-16-19-22-25-28-31-33-36-39-42-45-48-51-54-59(69-63(68)56-53-50-47-44-41-38-35-32-29-26-23-20-17-14-11-8-5-2)57-62(67)64-60(58-65)61(66)55-52-49-46-43-40-37-34-30-27-24-21-18-15-12-9-6-3/h8,11,14,16-17,19-20,23,25-26,28-29,32-33,35-36,38,41,59-61,65-66H,4-7,9-10,12-13,15,18,21-22,24,27,30-31,34,37,39-40,42-58H2,1-3H3,(H,64,67)/b11-8-,17-14+,19-16-,23-20+,28-25-,29-26-,35-32+,36-33-,41-38+. The molecule has 3 atom stereocenters. The molecule has 6 nitrogen and oxygen atoms in total. The fourth-order valence-corrected chi connectivity index (χ4v) is 8.17. The Labute approximate surface area is 426 Å². The van der Waals surface area contributed by atoms with Crippen LogP contribution in [0.4, 0.5) is 0 Å². The van der Waals surface area contributed by atoms with Gasteiger partial charge < -0.3 is 20.3 Å². The molecule has 0 aromatic carbocycles. The van der Waals surface area contributed by atoms with E-state index in [1.165, 1.54) is 109 Å². The SMILES string of the molecule is CC\C=C/C=C/C=C/C=C\C=C\C=C\CCCCCC(=O)OC(CCCCCC/C=C\C/C=C\C/C=C\CCCCC)CC(=O)NC(CO)C(O)CCCCCCCCCCCCCCCCCC. The van der Waals surface area contributed by atoms with Crippen LogP contribution in [-0.4, -0.2) is 46.9 Å². The van der Waals surface area contributed by atoms with Crippen molar-refractivity contribution in [1.82, 2.24) is 5.32 Å². The maximum atomic E-state index is 13.3. The van der Waals surface area contributed by atoms with Crippen molar-refractivity contribution in [2.75, 3.05) is 6.61 Å². The highest BCUT2D eigenvalue weighted by Gasteiger charge is 2.24. The molecule has 0 aromatic heterocycles. The maximum absolute atomic E-state index is 13.3. The Morgan fingerprint density at radius 1 is 0.449 bits per heavy atom. The van der Waals surface area contributed by atoms with E-state index < -0.39 is 18.2 Å². The Hall–Kier alpha value is -3.48. The molecule has 0 saturated heterocycles. The smallest absolute Gasteiger partial charge is 0.306 e. The van der Waals surface area contributed by atoms with E-state index in [0.29, 0.717) is 19.3 Å². The van der Waals surface area contributed by atoms with Crippen molar-refractivity contribution in [3.05, 3.63) is 109 Å². The van der Waals surface area contributed by atoms with Crippen LogP contribution >= 0.6 is 0 Å². The van der Waals surface area contributed by atoms with Crippen LogP contribution in [0, 0.1) is 0 Å². The number of hydrogen-bond acceptors (Lipinski definition) is 5. The number of rotatable bonds is 50. The molecule has 0 aromatic rings. The van der Waals surface area contributed by atoms with Crippen molar-refractivity contribution in [1.29, 1.82) is 0 Å². The average molecular weight is 959 g/mol. The van der Waals surface area contributed by atoms with Crippen molar-refractivity contribution >= 4 is 11.9 Å². The predicted molar refractivity (Wildman–Crippen MR) is 300 cm³/mol. The van der Waals surface area contributed by atoms with Crippen LogP contribution in [0.2, 0.25) is 0 Å². The Morgan fingerprint density at radius 3 is 1.35 bits per heavy atom. The van der Waals surface area contributed by atoms with E-state index in [1.54, 1.807) is 0 Å². The Morgan fingerprint density at radius 2 is 0.841 bits per heavy atom. The van der Waals surface area contributed by atoms with E-state index in [4.69, 9.17) is 4.74 Å². The number of aliphatic hydroxyl groups is 2. The summed E-state index contributed by atoms with van der Waals surface area (Å²) in [7, 11) is 0. The summed E-state index contributed by atoms with van der Waals surface area (Å²) < 4.78 is 5.93. The van der Waals surface area contributed by atoms with Gasteiger partial charge in [-0.25, -0.2) is 0 Å². The Balaban J connectivity index is 4.72. The van der Waals surface area contributed by atoms with Crippen LogP contribution in [-0.2, 0) is 14.3 Å². The second kappa shape index (κ2) is 55.4. The molecule has 0 fully saturated rings. The van der Waals surface area contributed by atoms with Gasteiger partial charge in [-0.15, -0.1) is 0 Å². The van der Waals surface area contributed by atoms with Crippen LogP contribution in [0.25, 0.3) is 0 Å². The van der Waals surface area contributed by atoms with Crippen LogP contribution in [0.3, 0.4) is 0 Å². The van der Waals surface area contributed by atoms with E-state index in [0.717, 1.165) is 96.3 Å². The molecule has 6 heteroatoms. The first kappa shape index (κ1) is 65.5. The number of amides is 1. The van der Waals surface area contributed by atoms with Gasteiger partial charge in [0.15, 0.2) is 0 Å². The van der Waals surface area contributed by atoms with Crippen LogP contribution in [0.15, 0.2) is 109 Å². The van der Waals surface area contributed by atoms with Crippen LogP contribution in [0.5, 0.6) is 0 Å². The molecule has 1 amide bonds. The summed E-state index contributed by atoms with van der Waals surface area (Å²) in [6.07, 6.45) is 75.7. The molecule has 0 saturated carbocycles. The van der Waals surface area contributed by atoms with Gasteiger partial charge in [-0.1, -0.05) is 265 Å². The molecule has 3 unspecified atom stereocenters. The number of carbonyl (C=O) groups is 2. The summed E-state index contributed by atoms with van der Waals surface area (Å²) >= 11 is 0. The second-order valence-corrected chi connectivity index (χ2v) is 19.1. The van der Waals surface area contributed by atoms with Crippen LogP contribution in [0.1, 0.15) is 252 Å². The van der Waals surface area contributed by atoms with Gasteiger partial charge in [0, 0.05) is 6.42 Å². The predicted octanol–water partition coefficient (Wildman–Crippen LogP) is 17.8. The first-order valence-corrected chi connectivity index (χ1v) is 28.7. The highest BCUT2D eigenvalue weighted by atomic mass is 16.5. The summed E-state index contributed by atoms with van der Waals surface area (Å²) in [4.78, 5) is 26.3. The lowest BCUT2D eigenvalue weighted by atomic mass is 10.0. The van der Waals surface area contributed by atoms with Crippen molar-refractivity contribution in [3.63, 3.8) is 0 Å². The molecule has 0 rings (SSSR count). The number of hydrogen-bond donors (Lipinski definition) is 3. The zero-order chi connectivity index (χ0) is 50.2. The van der Waals surface area contributed by atoms with Gasteiger partial charge in [0.05, 0.1) is 25.2 Å². The van der Waals surface area contributed by atoms with Gasteiger partial charge in [0.1, 0.15) is 6.10 Å². The minimum absolute atomic E-state index is 0.0381. The minimum Gasteiger partial charge on any atom is -0.462 e. The zero-order valence-electron chi connectivity index (χ0n) is 44.9. The van der Waals surface area contributed by atoms with Crippen molar-refractivity contribution in [2.45, 2.75) is 270 Å². The summed E-state index contributed by atoms with van der Waals surface area (Å²) in [6, 6.07) is -0.727. The zero-order valence-corrected chi connectivity index (χ0v) is 44.9. The summed E-state index contributed by atoms with van der Waals surface area (Å²) in [6.45, 7) is 6.31. The summed E-state index contributed by atoms with van der Waals surface area (Å²) in [5.41, 5.74) is 0. The molecule has 0 heterocycles. The Kier molecular flexibility index (Phi) is 52.7. The number of esters is 1. The monoisotopic (exact) mass is 958 g/mol. The largest absolute Gasteiger partial charge is 0.462 e. The van der Waals surface area contributed by atoms with Gasteiger partial charge in [0.2, 0.25) is 5.91 Å². The lowest BCUT2D eigenvalue weighted by molar-refractivity contribution is -0.151. The van der Waals surface area contributed by atoms with Crippen LogP contribution < -0.4 is 5.32 Å². The number of ether oxygens (including phenoxy) is 1. The van der Waals surface area contributed by atoms with E-state index in [1.807, 2.05) is 54.7 Å². The molecule has 394 valence electrons. The number of allylic oxidation sites excluding steroid dienone is 18. The number of carbonyl (C=O) groups excluding carboxylic acids is 2.